The first-order valence-corrected chi connectivity index (χ1v) is 12.6. The van der Waals surface area contributed by atoms with Gasteiger partial charge in [-0.15, -0.1) is 0 Å². The second kappa shape index (κ2) is 9.00. The number of rotatable bonds is 5. The highest BCUT2D eigenvalue weighted by Gasteiger charge is 2.18. The first-order chi connectivity index (χ1) is 17.6. The average molecular weight is 515 g/mol. The second-order valence-corrected chi connectivity index (χ2v) is 9.85. The van der Waals surface area contributed by atoms with Crippen LogP contribution in [-0.4, -0.2) is 34.1 Å². The summed E-state index contributed by atoms with van der Waals surface area (Å²) < 4.78 is 25.4. The molecule has 0 aliphatic carbocycles. The number of fused-ring (bicyclic) bond motifs is 1. The van der Waals surface area contributed by atoms with Gasteiger partial charge in [-0.25, -0.2) is 23.2 Å². The Morgan fingerprint density at radius 2 is 1.68 bits per heavy atom. The molecule has 1 amide bonds. The van der Waals surface area contributed by atoms with E-state index in [0.717, 1.165) is 0 Å². The Balaban J connectivity index is 1.44. The van der Waals surface area contributed by atoms with Crippen LogP contribution in [-0.2, 0) is 10.0 Å². The first kappa shape index (κ1) is 23.9. The van der Waals surface area contributed by atoms with E-state index in [1.165, 1.54) is 10.7 Å². The quantitative estimate of drug-likeness (QED) is 0.276. The number of aryl methyl sites for hydroxylation is 1. The van der Waals surface area contributed by atoms with E-state index in [9.17, 15) is 13.2 Å². The van der Waals surface area contributed by atoms with Crippen molar-refractivity contribution in [1.82, 2.24) is 19.7 Å². The van der Waals surface area contributed by atoms with Crippen LogP contribution in [0.15, 0.2) is 77.7 Å². The van der Waals surface area contributed by atoms with Gasteiger partial charge in [0.05, 0.1) is 21.8 Å². The monoisotopic (exact) mass is 514 g/mol. The maximum atomic E-state index is 13.2. The van der Waals surface area contributed by atoms with Crippen molar-refractivity contribution in [2.24, 2.45) is 5.14 Å². The standard InChI is InChI=1S/C25H22N8O3S/c1-14-12-21(33(32-14)17-10-11-20-19(13-17)23(26)31-25(27)30-20)24(34)29-16-8-6-15(7-9-16)18-4-2-3-5-22(18)37(28,35)36/h2-13H,1H3,(H,29,34)(H2,28,35,36)(H4,26,27,30,31). The molecule has 0 atom stereocenters. The number of carbonyl (C=O) groups excluding carboxylic acids is 1. The molecule has 0 saturated carbocycles. The van der Waals surface area contributed by atoms with Gasteiger partial charge < -0.3 is 16.8 Å². The van der Waals surface area contributed by atoms with Crippen LogP contribution in [0.25, 0.3) is 27.7 Å². The van der Waals surface area contributed by atoms with Crippen molar-refractivity contribution in [2.75, 3.05) is 16.8 Å². The molecule has 7 N–H and O–H groups in total. The third kappa shape index (κ3) is 4.70. The van der Waals surface area contributed by atoms with E-state index in [1.807, 2.05) is 0 Å². The van der Waals surface area contributed by atoms with E-state index < -0.39 is 10.0 Å². The third-order valence-corrected chi connectivity index (χ3v) is 6.65. The highest BCUT2D eigenvalue weighted by atomic mass is 32.2. The van der Waals surface area contributed by atoms with E-state index in [4.69, 9.17) is 16.6 Å². The average Bonchev–Trinajstić information content (AvgIpc) is 3.25. The molecule has 37 heavy (non-hydrogen) atoms. The molecule has 0 aliphatic heterocycles. The molecule has 0 unspecified atom stereocenters. The molecular formula is C25H22N8O3S. The van der Waals surface area contributed by atoms with Gasteiger partial charge in [0.15, 0.2) is 0 Å². The molecule has 0 saturated heterocycles. The summed E-state index contributed by atoms with van der Waals surface area (Å²) in [5.74, 6) is -0.0878. The van der Waals surface area contributed by atoms with Crippen LogP contribution < -0.4 is 21.9 Å². The van der Waals surface area contributed by atoms with Gasteiger partial charge >= 0.3 is 0 Å². The Labute approximate surface area is 212 Å². The molecule has 3 aromatic carbocycles. The molecule has 0 fully saturated rings. The number of nitrogens with two attached hydrogens (primary N) is 3. The lowest BCUT2D eigenvalue weighted by Gasteiger charge is -2.11. The minimum Gasteiger partial charge on any atom is -0.383 e. The molecule has 186 valence electrons. The Morgan fingerprint density at radius 1 is 0.946 bits per heavy atom. The van der Waals surface area contributed by atoms with Gasteiger partial charge in [-0.1, -0.05) is 30.3 Å². The third-order valence-electron chi connectivity index (χ3n) is 5.68. The number of nitrogen functional groups attached to an aromatic ring is 2. The number of anilines is 3. The van der Waals surface area contributed by atoms with E-state index >= 15 is 0 Å². The zero-order valence-electron chi connectivity index (χ0n) is 19.6. The van der Waals surface area contributed by atoms with E-state index in [0.29, 0.717) is 44.8 Å². The summed E-state index contributed by atoms with van der Waals surface area (Å²) in [6.07, 6.45) is 0. The Hall–Kier alpha value is -4.81. The zero-order valence-corrected chi connectivity index (χ0v) is 20.4. The van der Waals surface area contributed by atoms with Gasteiger partial charge in [0, 0.05) is 16.6 Å². The highest BCUT2D eigenvalue weighted by molar-refractivity contribution is 7.89. The van der Waals surface area contributed by atoms with Crippen molar-refractivity contribution in [3.63, 3.8) is 0 Å². The first-order valence-electron chi connectivity index (χ1n) is 11.0. The number of benzene rings is 3. The summed E-state index contributed by atoms with van der Waals surface area (Å²) in [4.78, 5) is 21.4. The van der Waals surface area contributed by atoms with Crippen LogP contribution >= 0.6 is 0 Å². The van der Waals surface area contributed by atoms with Gasteiger partial charge in [-0.2, -0.15) is 10.1 Å². The number of nitrogens with one attached hydrogen (secondary N) is 1. The van der Waals surface area contributed by atoms with E-state index in [-0.39, 0.29) is 22.6 Å². The number of nitrogens with zero attached hydrogens (tertiary/aromatic N) is 4. The smallest absolute Gasteiger partial charge is 0.274 e. The van der Waals surface area contributed by atoms with Crippen LogP contribution in [0.5, 0.6) is 0 Å². The van der Waals surface area contributed by atoms with Gasteiger partial charge in [-0.05, 0) is 55.0 Å². The summed E-state index contributed by atoms with van der Waals surface area (Å²) in [6, 6.07) is 20.1. The molecular weight excluding hydrogens is 492 g/mol. The molecule has 5 rings (SSSR count). The normalized spacial score (nSPS) is 11.5. The van der Waals surface area contributed by atoms with Crippen LogP contribution in [0.3, 0.4) is 0 Å². The van der Waals surface area contributed by atoms with Gasteiger partial charge in [0.1, 0.15) is 11.5 Å². The summed E-state index contributed by atoms with van der Waals surface area (Å²) >= 11 is 0. The fourth-order valence-corrected chi connectivity index (χ4v) is 4.79. The van der Waals surface area contributed by atoms with Crippen molar-refractivity contribution >= 4 is 44.3 Å². The van der Waals surface area contributed by atoms with Crippen molar-refractivity contribution in [3.8, 4) is 16.8 Å². The van der Waals surface area contributed by atoms with Crippen LogP contribution in [0.2, 0.25) is 0 Å². The number of hydrogen-bond acceptors (Lipinski definition) is 8. The van der Waals surface area contributed by atoms with E-state index in [2.05, 4.69) is 20.4 Å². The fourth-order valence-electron chi connectivity index (χ4n) is 4.03. The second-order valence-electron chi connectivity index (χ2n) is 8.32. The van der Waals surface area contributed by atoms with Crippen molar-refractivity contribution < 1.29 is 13.2 Å². The maximum Gasteiger partial charge on any atom is 0.274 e. The molecule has 0 aliphatic rings. The number of amides is 1. The van der Waals surface area contributed by atoms with Crippen LogP contribution in [0.1, 0.15) is 16.2 Å². The Morgan fingerprint density at radius 3 is 2.41 bits per heavy atom. The minimum atomic E-state index is -3.90. The molecule has 0 radical (unpaired) electrons. The summed E-state index contributed by atoms with van der Waals surface area (Å²) in [7, 11) is -3.90. The topological polar surface area (TPSA) is 185 Å². The predicted octanol–water partition coefficient (Wildman–Crippen LogP) is 2.86. The Bertz CT molecular complexity index is 1780. The van der Waals surface area contributed by atoms with Gasteiger partial charge in [-0.3, -0.25) is 4.79 Å². The number of sulfonamides is 1. The largest absolute Gasteiger partial charge is 0.383 e. The zero-order chi connectivity index (χ0) is 26.3. The summed E-state index contributed by atoms with van der Waals surface area (Å²) in [5.41, 5.74) is 15.4. The molecule has 0 spiro atoms. The van der Waals surface area contributed by atoms with Crippen molar-refractivity contribution in [3.05, 3.63) is 84.2 Å². The molecule has 0 bridgehead atoms. The predicted molar refractivity (Wildman–Crippen MR) is 141 cm³/mol. The van der Waals surface area contributed by atoms with Crippen LogP contribution in [0.4, 0.5) is 17.5 Å². The lowest BCUT2D eigenvalue weighted by Crippen LogP contribution is -2.17. The van der Waals surface area contributed by atoms with Crippen molar-refractivity contribution in [2.45, 2.75) is 11.8 Å². The van der Waals surface area contributed by atoms with Crippen molar-refractivity contribution in [1.29, 1.82) is 0 Å². The Kier molecular flexibility index (Phi) is 5.82. The maximum absolute atomic E-state index is 13.2. The fraction of sp³-hybridized carbons (Fsp3) is 0.0400. The number of primary sulfonamides is 1. The minimum absolute atomic E-state index is 0.0234. The SMILES string of the molecule is Cc1cc(C(=O)Nc2ccc(-c3ccccc3S(N)(=O)=O)cc2)n(-c2ccc3nc(N)nc(N)c3c2)n1. The molecule has 11 nitrogen and oxygen atoms in total. The van der Waals surface area contributed by atoms with Crippen LogP contribution in [0, 0.1) is 6.92 Å². The molecule has 5 aromatic rings. The number of carbonyl (C=O) groups is 1. The lowest BCUT2D eigenvalue weighted by atomic mass is 10.1. The number of hydrogen-bond donors (Lipinski definition) is 4. The molecule has 12 heteroatoms. The van der Waals surface area contributed by atoms with Gasteiger partial charge in [0.25, 0.3) is 5.91 Å². The summed E-state index contributed by atoms with van der Waals surface area (Å²) in [5, 5.41) is 13.3. The number of aromatic nitrogens is 4. The van der Waals surface area contributed by atoms with Gasteiger partial charge in [0.2, 0.25) is 16.0 Å². The summed E-state index contributed by atoms with van der Waals surface area (Å²) in [6.45, 7) is 1.78. The van der Waals surface area contributed by atoms with E-state index in [1.54, 1.807) is 73.7 Å². The lowest BCUT2D eigenvalue weighted by molar-refractivity contribution is 0.101. The molecule has 2 heterocycles. The molecule has 2 aromatic heterocycles. The highest BCUT2D eigenvalue weighted by Crippen LogP contribution is 2.28.